The Kier molecular flexibility index (Phi) is 7.01. The quantitative estimate of drug-likeness (QED) is 0.642. The Morgan fingerprint density at radius 2 is 2.17 bits per heavy atom. The van der Waals surface area contributed by atoms with Crippen molar-refractivity contribution in [2.75, 3.05) is 27.3 Å². The predicted molar refractivity (Wildman–Crippen MR) is 80.0 cm³/mol. The highest BCUT2D eigenvalue weighted by molar-refractivity contribution is 7.80. The maximum atomic E-state index is 6.11. The van der Waals surface area contributed by atoms with Crippen molar-refractivity contribution in [3.63, 3.8) is 0 Å². The fourth-order valence-corrected chi connectivity index (χ4v) is 1.86. The molecule has 0 aliphatic carbocycles. The minimum atomic E-state index is 0.704. The van der Waals surface area contributed by atoms with Gasteiger partial charge in [-0.1, -0.05) is 29.8 Å². The van der Waals surface area contributed by atoms with E-state index in [9.17, 15) is 0 Å². The molecule has 0 fully saturated rings. The van der Waals surface area contributed by atoms with E-state index in [2.05, 4.69) is 5.32 Å². The van der Waals surface area contributed by atoms with E-state index >= 15 is 0 Å². The molecule has 0 atom stereocenters. The Hall–Kier alpha value is -0.840. The maximum absolute atomic E-state index is 6.11. The smallest absolute Gasteiger partial charge is 0.168 e. The molecule has 0 spiro atoms. The first-order chi connectivity index (χ1) is 8.65. The van der Waals surface area contributed by atoms with Gasteiger partial charge >= 0.3 is 0 Å². The standard InChI is InChI=1S/C13H19ClN2OS/c1-16(13(18)15-8-5-9-17-2)10-11-6-3-4-7-12(11)14/h3-4,6-7H,5,8-10H2,1-2H3,(H,15,18). The Morgan fingerprint density at radius 3 is 2.83 bits per heavy atom. The van der Waals surface area contributed by atoms with Gasteiger partial charge in [0.05, 0.1) is 0 Å². The molecule has 0 aromatic heterocycles. The number of thiocarbonyl (C=S) groups is 1. The molecule has 3 nitrogen and oxygen atoms in total. The largest absolute Gasteiger partial charge is 0.385 e. The summed E-state index contributed by atoms with van der Waals surface area (Å²) < 4.78 is 4.98. The molecule has 1 rings (SSSR count). The lowest BCUT2D eigenvalue weighted by atomic mass is 10.2. The van der Waals surface area contributed by atoms with E-state index in [0.717, 1.165) is 35.3 Å². The lowest BCUT2D eigenvalue weighted by Gasteiger charge is -2.21. The molecule has 0 unspecified atom stereocenters. The average Bonchev–Trinajstić information content (AvgIpc) is 2.37. The van der Waals surface area contributed by atoms with Crippen molar-refractivity contribution in [2.45, 2.75) is 13.0 Å². The van der Waals surface area contributed by atoms with Gasteiger partial charge in [-0.3, -0.25) is 0 Å². The van der Waals surface area contributed by atoms with Crippen molar-refractivity contribution in [1.82, 2.24) is 10.2 Å². The van der Waals surface area contributed by atoms with Gasteiger partial charge in [0.2, 0.25) is 0 Å². The first-order valence-electron chi connectivity index (χ1n) is 5.86. The molecule has 1 aromatic carbocycles. The monoisotopic (exact) mass is 286 g/mol. The Balaban J connectivity index is 2.38. The Bertz CT molecular complexity index is 387. The Morgan fingerprint density at radius 1 is 1.44 bits per heavy atom. The van der Waals surface area contributed by atoms with Gasteiger partial charge < -0.3 is 15.0 Å². The number of methoxy groups -OCH3 is 1. The molecule has 100 valence electrons. The summed E-state index contributed by atoms with van der Waals surface area (Å²) in [6.07, 6.45) is 0.941. The topological polar surface area (TPSA) is 24.5 Å². The summed E-state index contributed by atoms with van der Waals surface area (Å²) in [5, 5.41) is 4.69. The van der Waals surface area contributed by atoms with Crippen LogP contribution in [-0.4, -0.2) is 37.3 Å². The molecular formula is C13H19ClN2OS. The van der Waals surface area contributed by atoms with Gasteiger partial charge in [-0.2, -0.15) is 0 Å². The number of rotatable bonds is 6. The number of hydrogen-bond acceptors (Lipinski definition) is 2. The van der Waals surface area contributed by atoms with Gasteiger partial charge in [0.25, 0.3) is 0 Å². The highest BCUT2D eigenvalue weighted by Crippen LogP contribution is 2.16. The third-order valence-electron chi connectivity index (χ3n) is 2.51. The van der Waals surface area contributed by atoms with Crippen LogP contribution in [0.25, 0.3) is 0 Å². The Labute approximate surface area is 119 Å². The van der Waals surface area contributed by atoms with Crippen molar-refractivity contribution in [3.8, 4) is 0 Å². The van der Waals surface area contributed by atoms with E-state index in [1.807, 2.05) is 36.2 Å². The van der Waals surface area contributed by atoms with Crippen molar-refractivity contribution < 1.29 is 4.74 Å². The van der Waals surface area contributed by atoms with Crippen LogP contribution in [0.4, 0.5) is 0 Å². The third kappa shape index (κ3) is 5.21. The molecule has 18 heavy (non-hydrogen) atoms. The van der Waals surface area contributed by atoms with Crippen LogP contribution in [0, 0.1) is 0 Å². The number of nitrogens with zero attached hydrogens (tertiary/aromatic N) is 1. The summed E-state index contributed by atoms with van der Waals surface area (Å²) in [5.74, 6) is 0. The van der Waals surface area contributed by atoms with Crippen LogP contribution in [0.1, 0.15) is 12.0 Å². The van der Waals surface area contributed by atoms with Crippen LogP contribution < -0.4 is 5.32 Å². The van der Waals surface area contributed by atoms with Gasteiger partial charge in [0, 0.05) is 38.9 Å². The average molecular weight is 287 g/mol. The molecule has 1 aromatic rings. The van der Waals surface area contributed by atoms with Crippen LogP contribution >= 0.6 is 23.8 Å². The molecule has 0 radical (unpaired) electrons. The minimum Gasteiger partial charge on any atom is -0.385 e. The lowest BCUT2D eigenvalue weighted by molar-refractivity contribution is 0.195. The highest BCUT2D eigenvalue weighted by Gasteiger charge is 2.06. The van der Waals surface area contributed by atoms with Crippen LogP contribution in [0.5, 0.6) is 0 Å². The van der Waals surface area contributed by atoms with Crippen molar-refractivity contribution in [1.29, 1.82) is 0 Å². The van der Waals surface area contributed by atoms with Crippen molar-refractivity contribution in [2.24, 2.45) is 0 Å². The zero-order valence-corrected chi connectivity index (χ0v) is 12.4. The van der Waals surface area contributed by atoms with Gasteiger partial charge in [0.15, 0.2) is 5.11 Å². The number of nitrogens with one attached hydrogen (secondary N) is 1. The van der Waals surface area contributed by atoms with Crippen LogP contribution in [0.3, 0.4) is 0 Å². The van der Waals surface area contributed by atoms with Gasteiger partial charge in [-0.25, -0.2) is 0 Å². The third-order valence-corrected chi connectivity index (χ3v) is 3.34. The van der Waals surface area contributed by atoms with E-state index < -0.39 is 0 Å². The second-order valence-corrected chi connectivity index (χ2v) is 4.82. The molecular weight excluding hydrogens is 268 g/mol. The first kappa shape index (κ1) is 15.2. The second-order valence-electron chi connectivity index (χ2n) is 4.03. The van der Waals surface area contributed by atoms with Gasteiger partial charge in [-0.05, 0) is 30.3 Å². The van der Waals surface area contributed by atoms with E-state index in [1.165, 1.54) is 0 Å². The summed E-state index contributed by atoms with van der Waals surface area (Å²) in [5.41, 5.74) is 1.07. The van der Waals surface area contributed by atoms with Crippen LogP contribution in [-0.2, 0) is 11.3 Å². The fraction of sp³-hybridized carbons (Fsp3) is 0.462. The number of hydrogen-bond donors (Lipinski definition) is 1. The van der Waals surface area contributed by atoms with Crippen molar-refractivity contribution >= 4 is 28.9 Å². The first-order valence-corrected chi connectivity index (χ1v) is 6.65. The highest BCUT2D eigenvalue weighted by atomic mass is 35.5. The zero-order chi connectivity index (χ0) is 13.4. The maximum Gasteiger partial charge on any atom is 0.168 e. The minimum absolute atomic E-state index is 0.704. The predicted octanol–water partition coefficient (Wildman–Crippen LogP) is 2.68. The fourth-order valence-electron chi connectivity index (χ4n) is 1.50. The molecule has 0 saturated carbocycles. The number of ether oxygens (including phenoxy) is 1. The summed E-state index contributed by atoms with van der Waals surface area (Å²) in [6, 6.07) is 7.80. The zero-order valence-electron chi connectivity index (χ0n) is 10.8. The number of halogens is 1. The lowest BCUT2D eigenvalue weighted by Crippen LogP contribution is -2.37. The molecule has 1 N–H and O–H groups in total. The van der Waals surface area contributed by atoms with E-state index in [1.54, 1.807) is 7.11 Å². The molecule has 0 aliphatic heterocycles. The van der Waals surface area contributed by atoms with Crippen molar-refractivity contribution in [3.05, 3.63) is 34.9 Å². The molecule has 5 heteroatoms. The van der Waals surface area contributed by atoms with E-state index in [-0.39, 0.29) is 0 Å². The summed E-state index contributed by atoms with van der Waals surface area (Å²) in [6.45, 7) is 2.26. The second kappa shape index (κ2) is 8.29. The van der Waals surface area contributed by atoms with E-state index in [0.29, 0.717) is 6.54 Å². The summed E-state index contributed by atoms with van der Waals surface area (Å²) in [4.78, 5) is 1.98. The van der Waals surface area contributed by atoms with Gasteiger partial charge in [0.1, 0.15) is 0 Å². The SMILES string of the molecule is COCCCNC(=S)N(C)Cc1ccccc1Cl. The summed E-state index contributed by atoms with van der Waals surface area (Å²) in [7, 11) is 3.65. The molecule has 0 bridgehead atoms. The van der Waals surface area contributed by atoms with Crippen LogP contribution in [0.15, 0.2) is 24.3 Å². The molecule has 0 saturated heterocycles. The molecule has 0 aliphatic rings. The van der Waals surface area contributed by atoms with E-state index in [4.69, 9.17) is 28.6 Å². The molecule has 0 heterocycles. The van der Waals surface area contributed by atoms with Gasteiger partial charge in [-0.15, -0.1) is 0 Å². The molecule has 0 amide bonds. The van der Waals surface area contributed by atoms with Crippen LogP contribution in [0.2, 0.25) is 5.02 Å². The summed E-state index contributed by atoms with van der Waals surface area (Å²) >= 11 is 11.4. The normalized spacial score (nSPS) is 10.2. The number of benzene rings is 1.